The molecule has 4 heterocycles. The zero-order valence-electron chi connectivity index (χ0n) is 17.6. The minimum atomic E-state index is 0.142. The van der Waals surface area contributed by atoms with E-state index in [4.69, 9.17) is 9.72 Å². The number of nitrogens with zero attached hydrogens (tertiary/aromatic N) is 3. The Morgan fingerprint density at radius 2 is 2.10 bits per heavy atom. The molecule has 1 unspecified atom stereocenters. The number of imidazole rings is 1. The van der Waals surface area contributed by atoms with Crippen LogP contribution in [-0.4, -0.2) is 51.6 Å². The molecule has 1 atom stereocenters. The molecule has 2 fully saturated rings. The van der Waals surface area contributed by atoms with E-state index >= 15 is 0 Å². The second-order valence-corrected chi connectivity index (χ2v) is 8.79. The van der Waals surface area contributed by atoms with E-state index in [1.54, 1.807) is 0 Å². The number of aromatic nitrogens is 3. The lowest BCUT2D eigenvalue weighted by Crippen LogP contribution is -2.41. The average molecular weight is 407 g/mol. The van der Waals surface area contributed by atoms with Crippen molar-refractivity contribution in [2.24, 2.45) is 5.92 Å². The second-order valence-electron chi connectivity index (χ2n) is 8.79. The number of carbonyl (C=O) groups is 1. The topological polar surface area (TPSA) is 63.1 Å². The maximum absolute atomic E-state index is 13.2. The van der Waals surface area contributed by atoms with Gasteiger partial charge in [0.1, 0.15) is 5.82 Å². The second kappa shape index (κ2) is 8.26. The molecule has 0 saturated carbocycles. The Morgan fingerprint density at radius 1 is 1.23 bits per heavy atom. The number of amides is 1. The van der Waals surface area contributed by atoms with Gasteiger partial charge >= 0.3 is 0 Å². The molecular weight excluding hydrogens is 376 g/mol. The Morgan fingerprint density at radius 3 is 2.97 bits per heavy atom. The van der Waals surface area contributed by atoms with E-state index in [-0.39, 0.29) is 5.91 Å². The number of aromatic amines is 1. The molecule has 1 amide bonds. The van der Waals surface area contributed by atoms with E-state index in [1.807, 2.05) is 41.6 Å². The van der Waals surface area contributed by atoms with Crippen molar-refractivity contribution < 1.29 is 9.53 Å². The Hall–Kier alpha value is -2.60. The van der Waals surface area contributed by atoms with Crippen LogP contribution in [0.3, 0.4) is 0 Å². The van der Waals surface area contributed by atoms with Crippen LogP contribution in [0, 0.1) is 12.8 Å². The Kier molecular flexibility index (Phi) is 5.34. The van der Waals surface area contributed by atoms with Crippen molar-refractivity contribution in [3.05, 3.63) is 53.7 Å². The zero-order chi connectivity index (χ0) is 20.5. The fourth-order valence-electron chi connectivity index (χ4n) is 5.02. The summed E-state index contributed by atoms with van der Waals surface area (Å²) in [4.78, 5) is 23.2. The van der Waals surface area contributed by atoms with Crippen molar-refractivity contribution in [3.63, 3.8) is 0 Å². The lowest BCUT2D eigenvalue weighted by molar-refractivity contribution is 0.0657. The highest BCUT2D eigenvalue weighted by molar-refractivity contribution is 5.98. The van der Waals surface area contributed by atoms with E-state index in [1.165, 1.54) is 11.5 Å². The van der Waals surface area contributed by atoms with Crippen LogP contribution in [0.4, 0.5) is 0 Å². The fraction of sp³-hybridized carbons (Fsp3) is 0.500. The first-order valence-corrected chi connectivity index (χ1v) is 11.2. The summed E-state index contributed by atoms with van der Waals surface area (Å²) in [6, 6.07) is 7.98. The molecule has 0 aliphatic carbocycles. The molecule has 3 aromatic rings. The highest BCUT2D eigenvalue weighted by Gasteiger charge is 2.27. The Balaban J connectivity index is 1.30. The third-order valence-electron chi connectivity index (χ3n) is 6.72. The van der Waals surface area contributed by atoms with Gasteiger partial charge in [0.15, 0.2) is 0 Å². The number of rotatable bonds is 4. The molecule has 0 bridgehead atoms. The van der Waals surface area contributed by atoms with Crippen molar-refractivity contribution in [1.82, 2.24) is 19.4 Å². The van der Waals surface area contributed by atoms with Crippen molar-refractivity contribution >= 4 is 16.8 Å². The molecule has 0 radical (unpaired) electrons. The number of H-pyrrole nitrogens is 1. The summed E-state index contributed by atoms with van der Waals surface area (Å²) in [5, 5.41) is 1.14. The van der Waals surface area contributed by atoms with Gasteiger partial charge in [0, 0.05) is 67.9 Å². The predicted octanol–water partition coefficient (Wildman–Crippen LogP) is 4.12. The van der Waals surface area contributed by atoms with Crippen molar-refractivity contribution in [2.45, 2.75) is 45.1 Å². The number of fused-ring (bicyclic) bond motifs is 1. The maximum atomic E-state index is 13.2. The SMILES string of the molecule is Cc1cnc(C2CCOCC2)n1CC1CCCN(C(=O)c2ccc3cc[nH]c3c2)C1. The minimum Gasteiger partial charge on any atom is -0.381 e. The lowest BCUT2D eigenvalue weighted by atomic mass is 9.95. The van der Waals surface area contributed by atoms with Gasteiger partial charge in [-0.1, -0.05) is 6.07 Å². The number of piperidine rings is 1. The molecule has 6 nitrogen and oxygen atoms in total. The number of carbonyl (C=O) groups excluding carboxylic acids is 1. The molecule has 2 aromatic heterocycles. The first-order valence-electron chi connectivity index (χ1n) is 11.2. The zero-order valence-corrected chi connectivity index (χ0v) is 17.6. The van der Waals surface area contributed by atoms with E-state index in [2.05, 4.69) is 16.5 Å². The summed E-state index contributed by atoms with van der Waals surface area (Å²) in [6.45, 7) is 6.40. The number of nitrogens with one attached hydrogen (secondary N) is 1. The van der Waals surface area contributed by atoms with Crippen LogP contribution in [0.1, 0.15) is 53.5 Å². The van der Waals surface area contributed by atoms with Gasteiger partial charge < -0.3 is 19.2 Å². The normalized spacial score (nSPS) is 20.7. The van der Waals surface area contributed by atoms with E-state index in [9.17, 15) is 4.79 Å². The fourth-order valence-corrected chi connectivity index (χ4v) is 5.02. The van der Waals surface area contributed by atoms with Crippen molar-refractivity contribution in [3.8, 4) is 0 Å². The quantitative estimate of drug-likeness (QED) is 0.709. The minimum absolute atomic E-state index is 0.142. The van der Waals surface area contributed by atoms with E-state index in [0.717, 1.165) is 75.0 Å². The molecule has 5 rings (SSSR count). The van der Waals surface area contributed by atoms with Crippen LogP contribution < -0.4 is 0 Å². The molecule has 6 heteroatoms. The number of aryl methyl sites for hydroxylation is 1. The molecule has 0 spiro atoms. The van der Waals surface area contributed by atoms with Gasteiger partial charge in [0.05, 0.1) is 0 Å². The summed E-state index contributed by atoms with van der Waals surface area (Å²) in [7, 11) is 0. The monoisotopic (exact) mass is 406 g/mol. The summed E-state index contributed by atoms with van der Waals surface area (Å²) < 4.78 is 7.94. The van der Waals surface area contributed by atoms with Crippen LogP contribution in [0.25, 0.3) is 10.9 Å². The summed E-state index contributed by atoms with van der Waals surface area (Å²) in [5.41, 5.74) is 3.01. The molecule has 1 aromatic carbocycles. The largest absolute Gasteiger partial charge is 0.381 e. The molecular formula is C24H30N4O2. The van der Waals surface area contributed by atoms with Gasteiger partial charge in [-0.25, -0.2) is 4.98 Å². The van der Waals surface area contributed by atoms with Gasteiger partial charge in [-0.3, -0.25) is 4.79 Å². The molecule has 158 valence electrons. The van der Waals surface area contributed by atoms with Gasteiger partial charge in [-0.15, -0.1) is 0 Å². The average Bonchev–Trinajstić information content (AvgIpc) is 3.40. The van der Waals surface area contributed by atoms with Crippen LogP contribution in [-0.2, 0) is 11.3 Å². The van der Waals surface area contributed by atoms with Gasteiger partial charge in [0.25, 0.3) is 5.91 Å². The summed E-state index contributed by atoms with van der Waals surface area (Å²) in [5.74, 6) is 2.30. The maximum Gasteiger partial charge on any atom is 0.253 e. The van der Waals surface area contributed by atoms with Gasteiger partial charge in [-0.05, 0) is 62.1 Å². The summed E-state index contributed by atoms with van der Waals surface area (Å²) in [6.07, 6.45) is 8.23. The van der Waals surface area contributed by atoms with E-state index in [0.29, 0.717) is 11.8 Å². The standard InChI is InChI=1S/C24H30N4O2/c1-17-14-26-23(20-7-11-30-12-8-20)28(17)16-18-3-2-10-27(15-18)24(29)21-5-4-19-6-9-25-22(19)13-21/h4-6,9,13-14,18,20,25H,2-3,7-8,10-12,15-16H2,1H3. The lowest BCUT2D eigenvalue weighted by Gasteiger charge is -2.34. The van der Waals surface area contributed by atoms with Crippen LogP contribution in [0.15, 0.2) is 36.7 Å². The number of hydrogen-bond donors (Lipinski definition) is 1. The Labute approximate surface area is 177 Å². The van der Waals surface area contributed by atoms with Gasteiger partial charge in [-0.2, -0.15) is 0 Å². The van der Waals surface area contributed by atoms with Crippen LogP contribution in [0.2, 0.25) is 0 Å². The van der Waals surface area contributed by atoms with Crippen LogP contribution in [0.5, 0.6) is 0 Å². The highest BCUT2D eigenvalue weighted by atomic mass is 16.5. The van der Waals surface area contributed by atoms with Crippen LogP contribution >= 0.6 is 0 Å². The highest BCUT2D eigenvalue weighted by Crippen LogP contribution is 2.29. The smallest absolute Gasteiger partial charge is 0.253 e. The summed E-state index contributed by atoms with van der Waals surface area (Å²) >= 11 is 0. The number of benzene rings is 1. The molecule has 2 aliphatic rings. The predicted molar refractivity (Wildman–Crippen MR) is 117 cm³/mol. The number of likely N-dealkylation sites (tertiary alicyclic amines) is 1. The number of hydrogen-bond acceptors (Lipinski definition) is 3. The van der Waals surface area contributed by atoms with Crippen molar-refractivity contribution in [1.29, 1.82) is 0 Å². The Bertz CT molecular complexity index is 1030. The molecule has 2 aliphatic heterocycles. The van der Waals surface area contributed by atoms with E-state index < -0.39 is 0 Å². The first-order chi connectivity index (χ1) is 14.7. The molecule has 2 saturated heterocycles. The third kappa shape index (κ3) is 3.76. The van der Waals surface area contributed by atoms with Gasteiger partial charge in [0.2, 0.25) is 0 Å². The number of ether oxygens (including phenoxy) is 1. The molecule has 1 N–H and O–H groups in total. The first kappa shape index (κ1) is 19.4. The van der Waals surface area contributed by atoms with Crippen molar-refractivity contribution in [2.75, 3.05) is 26.3 Å². The molecule has 30 heavy (non-hydrogen) atoms. The third-order valence-corrected chi connectivity index (χ3v) is 6.72.